The minimum absolute atomic E-state index is 0.114. The quantitative estimate of drug-likeness (QED) is 0.754. The number of methoxy groups -OCH3 is 1. The summed E-state index contributed by atoms with van der Waals surface area (Å²) in [4.78, 5) is 14.2. The van der Waals surface area contributed by atoms with Gasteiger partial charge in [0.25, 0.3) is 5.91 Å². The van der Waals surface area contributed by atoms with Gasteiger partial charge in [-0.25, -0.2) is 0 Å². The number of aryl methyl sites for hydroxylation is 1. The number of amides is 1. The molecule has 0 bridgehead atoms. The Balaban J connectivity index is 1.80. The predicted molar refractivity (Wildman–Crippen MR) is 72.2 cm³/mol. The summed E-state index contributed by atoms with van der Waals surface area (Å²) in [5, 5.41) is 0. The molecule has 1 aromatic rings. The van der Waals surface area contributed by atoms with Crippen molar-refractivity contribution < 1.29 is 14.3 Å². The second-order valence-electron chi connectivity index (χ2n) is 4.86. The van der Waals surface area contributed by atoms with E-state index in [-0.39, 0.29) is 12.0 Å². The van der Waals surface area contributed by atoms with E-state index >= 15 is 0 Å². The number of piperidine rings is 1. The molecule has 5 heteroatoms. The van der Waals surface area contributed by atoms with Crippen molar-refractivity contribution in [3.63, 3.8) is 0 Å². The maximum Gasteiger partial charge on any atom is 0.270 e. The highest BCUT2D eigenvalue weighted by atomic mass is 16.5. The van der Waals surface area contributed by atoms with Crippen molar-refractivity contribution in [3.05, 3.63) is 24.0 Å². The zero-order valence-corrected chi connectivity index (χ0v) is 11.7. The summed E-state index contributed by atoms with van der Waals surface area (Å²) < 4.78 is 12.5. The van der Waals surface area contributed by atoms with E-state index < -0.39 is 0 Å². The molecular formula is C14H22N2O3. The minimum Gasteiger partial charge on any atom is -0.382 e. The van der Waals surface area contributed by atoms with Crippen molar-refractivity contribution in [3.8, 4) is 0 Å². The van der Waals surface area contributed by atoms with Crippen LogP contribution in [0.4, 0.5) is 0 Å². The van der Waals surface area contributed by atoms with E-state index in [1.807, 2.05) is 34.8 Å². The number of likely N-dealkylation sites (tertiary alicyclic amines) is 1. The van der Waals surface area contributed by atoms with Crippen LogP contribution in [0.2, 0.25) is 0 Å². The molecule has 2 rings (SSSR count). The second-order valence-corrected chi connectivity index (χ2v) is 4.86. The van der Waals surface area contributed by atoms with Gasteiger partial charge >= 0.3 is 0 Å². The third kappa shape index (κ3) is 3.58. The molecule has 5 nitrogen and oxygen atoms in total. The standard InChI is InChI=1S/C14H22N2O3/c1-15-7-3-4-13(15)14(17)16-8-5-12(6-9-16)19-11-10-18-2/h3-4,7,12H,5-6,8-11H2,1-2H3. The molecule has 106 valence electrons. The van der Waals surface area contributed by atoms with E-state index in [1.54, 1.807) is 7.11 Å². The molecule has 1 aliphatic heterocycles. The number of hydrogen-bond donors (Lipinski definition) is 0. The number of nitrogens with zero attached hydrogens (tertiary/aromatic N) is 2. The van der Waals surface area contributed by atoms with Crippen LogP contribution in [-0.4, -0.2) is 54.9 Å². The van der Waals surface area contributed by atoms with Gasteiger partial charge in [0, 0.05) is 33.4 Å². The Kier molecular flexibility index (Phi) is 4.99. The SMILES string of the molecule is COCCOC1CCN(C(=O)c2cccn2C)CC1. The Morgan fingerprint density at radius 2 is 2.11 bits per heavy atom. The van der Waals surface area contributed by atoms with Crippen LogP contribution in [-0.2, 0) is 16.5 Å². The van der Waals surface area contributed by atoms with Crippen LogP contribution in [0.1, 0.15) is 23.3 Å². The van der Waals surface area contributed by atoms with E-state index in [2.05, 4.69) is 0 Å². The van der Waals surface area contributed by atoms with Crippen LogP contribution >= 0.6 is 0 Å². The summed E-state index contributed by atoms with van der Waals surface area (Å²) in [6.45, 7) is 2.79. The largest absolute Gasteiger partial charge is 0.382 e. The van der Waals surface area contributed by atoms with Gasteiger partial charge in [-0.05, 0) is 25.0 Å². The molecule has 0 atom stereocenters. The fourth-order valence-corrected chi connectivity index (χ4v) is 2.37. The first-order valence-corrected chi connectivity index (χ1v) is 6.73. The molecule has 0 unspecified atom stereocenters. The first-order valence-electron chi connectivity index (χ1n) is 6.73. The Bertz CT molecular complexity index is 409. The smallest absolute Gasteiger partial charge is 0.270 e. The summed E-state index contributed by atoms with van der Waals surface area (Å²) >= 11 is 0. The molecule has 0 N–H and O–H groups in total. The first kappa shape index (κ1) is 14.1. The lowest BCUT2D eigenvalue weighted by molar-refractivity contribution is -0.0124. The van der Waals surface area contributed by atoms with Crippen LogP contribution in [0.25, 0.3) is 0 Å². The van der Waals surface area contributed by atoms with Crippen LogP contribution in [0.3, 0.4) is 0 Å². The Labute approximate surface area is 114 Å². The van der Waals surface area contributed by atoms with Crippen molar-refractivity contribution >= 4 is 5.91 Å². The number of carbonyl (C=O) groups is 1. The molecule has 0 saturated carbocycles. The molecule has 1 amide bonds. The molecule has 0 aliphatic carbocycles. The van der Waals surface area contributed by atoms with Crippen molar-refractivity contribution in [2.45, 2.75) is 18.9 Å². The number of hydrogen-bond acceptors (Lipinski definition) is 3. The van der Waals surface area contributed by atoms with E-state index in [9.17, 15) is 4.79 Å². The van der Waals surface area contributed by atoms with Gasteiger partial charge in [-0.3, -0.25) is 4.79 Å². The van der Waals surface area contributed by atoms with E-state index in [0.29, 0.717) is 13.2 Å². The maximum atomic E-state index is 12.3. The van der Waals surface area contributed by atoms with E-state index in [4.69, 9.17) is 9.47 Å². The summed E-state index contributed by atoms with van der Waals surface area (Å²) in [7, 11) is 3.57. The van der Waals surface area contributed by atoms with E-state index in [1.165, 1.54) is 0 Å². The highest BCUT2D eigenvalue weighted by molar-refractivity contribution is 5.92. The normalized spacial score (nSPS) is 16.8. The van der Waals surface area contributed by atoms with Gasteiger partial charge in [0.15, 0.2) is 0 Å². The third-order valence-electron chi connectivity index (χ3n) is 3.53. The molecular weight excluding hydrogens is 244 g/mol. The van der Waals surface area contributed by atoms with Crippen molar-refractivity contribution in [2.24, 2.45) is 7.05 Å². The molecule has 2 heterocycles. The average Bonchev–Trinajstić information content (AvgIpc) is 2.85. The fraction of sp³-hybridized carbons (Fsp3) is 0.643. The van der Waals surface area contributed by atoms with Crippen molar-refractivity contribution in [2.75, 3.05) is 33.4 Å². The van der Waals surface area contributed by atoms with Gasteiger partial charge in [-0.2, -0.15) is 0 Å². The average molecular weight is 266 g/mol. The molecule has 1 aliphatic rings. The second kappa shape index (κ2) is 6.73. The zero-order chi connectivity index (χ0) is 13.7. The number of carbonyl (C=O) groups excluding carboxylic acids is 1. The topological polar surface area (TPSA) is 43.7 Å². The lowest BCUT2D eigenvalue weighted by Crippen LogP contribution is -2.41. The molecule has 1 aromatic heterocycles. The minimum atomic E-state index is 0.114. The number of ether oxygens (including phenoxy) is 2. The molecule has 0 aromatic carbocycles. The molecule has 1 saturated heterocycles. The summed E-state index contributed by atoms with van der Waals surface area (Å²) in [5.41, 5.74) is 0.749. The number of rotatable bonds is 5. The highest BCUT2D eigenvalue weighted by Gasteiger charge is 2.24. The maximum absolute atomic E-state index is 12.3. The molecule has 1 fully saturated rings. The van der Waals surface area contributed by atoms with Gasteiger partial charge in [0.05, 0.1) is 19.3 Å². The van der Waals surface area contributed by atoms with Crippen LogP contribution in [0, 0.1) is 0 Å². The summed E-state index contributed by atoms with van der Waals surface area (Å²) in [5.74, 6) is 0.114. The summed E-state index contributed by atoms with van der Waals surface area (Å²) in [6.07, 6.45) is 3.96. The van der Waals surface area contributed by atoms with Crippen LogP contribution in [0.5, 0.6) is 0 Å². The van der Waals surface area contributed by atoms with Gasteiger partial charge in [-0.1, -0.05) is 0 Å². The monoisotopic (exact) mass is 266 g/mol. The lowest BCUT2D eigenvalue weighted by atomic mass is 10.1. The van der Waals surface area contributed by atoms with Gasteiger partial charge in [0.1, 0.15) is 5.69 Å². The molecule has 0 radical (unpaired) electrons. The highest BCUT2D eigenvalue weighted by Crippen LogP contribution is 2.16. The third-order valence-corrected chi connectivity index (χ3v) is 3.53. The van der Waals surface area contributed by atoms with Crippen LogP contribution in [0.15, 0.2) is 18.3 Å². The molecule has 0 spiro atoms. The van der Waals surface area contributed by atoms with Crippen molar-refractivity contribution in [1.29, 1.82) is 0 Å². The first-order chi connectivity index (χ1) is 9.22. The van der Waals surface area contributed by atoms with Crippen LogP contribution < -0.4 is 0 Å². The molecule has 19 heavy (non-hydrogen) atoms. The van der Waals surface area contributed by atoms with E-state index in [0.717, 1.165) is 31.6 Å². The fourth-order valence-electron chi connectivity index (χ4n) is 2.37. The van der Waals surface area contributed by atoms with Gasteiger partial charge < -0.3 is 18.9 Å². The Morgan fingerprint density at radius 3 is 2.68 bits per heavy atom. The van der Waals surface area contributed by atoms with Crippen molar-refractivity contribution in [1.82, 2.24) is 9.47 Å². The van der Waals surface area contributed by atoms with Gasteiger partial charge in [-0.15, -0.1) is 0 Å². The lowest BCUT2D eigenvalue weighted by Gasteiger charge is -2.32. The Morgan fingerprint density at radius 1 is 1.37 bits per heavy atom. The predicted octanol–water partition coefficient (Wildman–Crippen LogP) is 1.29. The zero-order valence-electron chi connectivity index (χ0n) is 11.7. The van der Waals surface area contributed by atoms with Gasteiger partial charge in [0.2, 0.25) is 0 Å². The number of aromatic nitrogens is 1. The summed E-state index contributed by atoms with van der Waals surface area (Å²) in [6, 6.07) is 3.76. The Hall–Kier alpha value is -1.33.